The molecule has 1 saturated heterocycles. The summed E-state index contributed by atoms with van der Waals surface area (Å²) in [5.74, 6) is 1.48. The normalized spacial score (nSPS) is 25.7. The van der Waals surface area contributed by atoms with Crippen LogP contribution in [0.15, 0.2) is 65.9 Å². The SMILES string of the molecule is COCOc1ccc(CCCC[C@]23CCC[C@@H](O2)C2=C(CCC([Se]c4ccccc4)C2=O)O3)cc1. The first-order chi connectivity index (χ1) is 17.2. The van der Waals surface area contributed by atoms with Gasteiger partial charge >= 0.3 is 173 Å². The Kier molecular flexibility index (Phi) is 7.94. The van der Waals surface area contributed by atoms with Crippen LogP contribution in [0.2, 0.25) is 4.82 Å². The second kappa shape index (κ2) is 11.3. The molecule has 2 bridgehead atoms. The standard InChI is InChI=1S/C29H34O5Se/c1-31-20-32-22-14-12-21(13-15-22)8-5-6-18-29-19-7-11-24(33-29)27-25(34-29)16-17-26(28(27)30)35-23-9-3-2-4-10-23/h2-4,9-10,12-15,24,26H,5-8,11,16-20H2,1H3/t24-,26?,29+/m1/s1. The molecule has 0 saturated carbocycles. The van der Waals surface area contributed by atoms with E-state index in [1.165, 1.54) is 10.0 Å². The van der Waals surface area contributed by atoms with Crippen LogP contribution >= 0.6 is 0 Å². The fourth-order valence-corrected chi connectivity index (χ4v) is 7.67. The van der Waals surface area contributed by atoms with Gasteiger partial charge in [0.1, 0.15) is 5.75 Å². The van der Waals surface area contributed by atoms with Gasteiger partial charge in [-0.1, -0.05) is 0 Å². The first kappa shape index (κ1) is 24.6. The van der Waals surface area contributed by atoms with Crippen LogP contribution in [-0.2, 0) is 25.4 Å². The number of unbranched alkanes of at least 4 members (excludes halogenated alkanes) is 1. The molecule has 3 aliphatic rings. The van der Waals surface area contributed by atoms with Gasteiger partial charge in [0.05, 0.1) is 0 Å². The summed E-state index contributed by atoms with van der Waals surface area (Å²) in [6.07, 6.45) is 8.55. The Hall–Kier alpha value is -2.11. The summed E-state index contributed by atoms with van der Waals surface area (Å²) in [6.45, 7) is 0.265. The van der Waals surface area contributed by atoms with E-state index in [9.17, 15) is 4.79 Å². The van der Waals surface area contributed by atoms with Crippen LogP contribution in [-0.4, -0.2) is 46.5 Å². The van der Waals surface area contributed by atoms with E-state index < -0.39 is 5.79 Å². The van der Waals surface area contributed by atoms with Gasteiger partial charge in [0.25, 0.3) is 0 Å². The van der Waals surface area contributed by atoms with Gasteiger partial charge in [-0.3, -0.25) is 0 Å². The molecule has 6 heteroatoms. The molecule has 2 aromatic rings. The summed E-state index contributed by atoms with van der Waals surface area (Å²) in [7, 11) is 1.62. The molecule has 2 aromatic carbocycles. The predicted molar refractivity (Wildman–Crippen MR) is 136 cm³/mol. The predicted octanol–water partition coefficient (Wildman–Crippen LogP) is 5.11. The van der Waals surface area contributed by atoms with Crippen molar-refractivity contribution in [3.63, 3.8) is 0 Å². The van der Waals surface area contributed by atoms with Gasteiger partial charge in [0, 0.05) is 7.11 Å². The summed E-state index contributed by atoms with van der Waals surface area (Å²) in [6, 6.07) is 18.6. The van der Waals surface area contributed by atoms with E-state index in [0.29, 0.717) is 0 Å². The van der Waals surface area contributed by atoms with Crippen molar-refractivity contribution in [2.24, 2.45) is 0 Å². The minimum atomic E-state index is -0.544. The summed E-state index contributed by atoms with van der Waals surface area (Å²) in [5, 5.41) is 0. The second-order valence-electron chi connectivity index (χ2n) is 9.57. The first-order valence-corrected chi connectivity index (χ1v) is 14.6. The summed E-state index contributed by atoms with van der Waals surface area (Å²) >= 11 is 0.147. The molecule has 35 heavy (non-hydrogen) atoms. The number of allylic oxidation sites excluding steroid dienone is 1. The Morgan fingerprint density at radius 1 is 1.06 bits per heavy atom. The molecule has 2 aliphatic heterocycles. The monoisotopic (exact) mass is 542 g/mol. The zero-order valence-corrected chi connectivity index (χ0v) is 22.1. The third kappa shape index (κ3) is 5.83. The van der Waals surface area contributed by atoms with E-state index in [4.69, 9.17) is 18.9 Å². The molecule has 0 radical (unpaired) electrons. The smallest absolute Gasteiger partial charge is 0.0196 e. The number of carbonyl (C=O) groups excluding carboxylic acids is 1. The number of methoxy groups -OCH3 is 1. The first-order valence-electron chi connectivity index (χ1n) is 12.7. The number of carbonyl (C=O) groups is 1. The number of Topliss-reactive ketones (excluding diaryl/α,β-unsaturated/α-hetero) is 1. The Bertz CT molecular complexity index is 1030. The number of benzene rings is 2. The Balaban J connectivity index is 1.17. The van der Waals surface area contributed by atoms with Crippen LogP contribution in [0.4, 0.5) is 0 Å². The van der Waals surface area contributed by atoms with Crippen molar-refractivity contribution in [2.75, 3.05) is 13.9 Å². The molecule has 186 valence electrons. The molecule has 1 aliphatic carbocycles. The molecule has 0 spiro atoms. The zero-order valence-electron chi connectivity index (χ0n) is 20.4. The van der Waals surface area contributed by atoms with Crippen molar-refractivity contribution in [1.29, 1.82) is 0 Å². The fourth-order valence-electron chi connectivity index (χ4n) is 5.33. The number of hydrogen-bond donors (Lipinski definition) is 0. The van der Waals surface area contributed by atoms with E-state index in [1.54, 1.807) is 7.11 Å². The quantitative estimate of drug-likeness (QED) is 0.238. The van der Waals surface area contributed by atoms with E-state index >= 15 is 0 Å². The zero-order chi connectivity index (χ0) is 24.1. The van der Waals surface area contributed by atoms with Gasteiger partial charge in [-0.2, -0.15) is 0 Å². The van der Waals surface area contributed by atoms with Gasteiger partial charge < -0.3 is 9.47 Å². The van der Waals surface area contributed by atoms with Crippen LogP contribution in [0.25, 0.3) is 0 Å². The van der Waals surface area contributed by atoms with Crippen molar-refractivity contribution < 1.29 is 23.7 Å². The number of ether oxygens (including phenoxy) is 4. The molecule has 5 rings (SSSR count). The van der Waals surface area contributed by atoms with Crippen LogP contribution in [0.3, 0.4) is 0 Å². The Labute approximate surface area is 214 Å². The van der Waals surface area contributed by atoms with Crippen LogP contribution in [0, 0.1) is 0 Å². The van der Waals surface area contributed by atoms with E-state index in [2.05, 4.69) is 36.4 Å². The molecule has 1 unspecified atom stereocenters. The van der Waals surface area contributed by atoms with Gasteiger partial charge in [-0.05, 0) is 12.1 Å². The topological polar surface area (TPSA) is 54.0 Å². The number of rotatable bonds is 10. The van der Waals surface area contributed by atoms with E-state index in [0.717, 1.165) is 74.9 Å². The van der Waals surface area contributed by atoms with E-state index in [1.807, 2.05) is 18.2 Å². The summed E-state index contributed by atoms with van der Waals surface area (Å²) in [5.41, 5.74) is 2.15. The number of hydrogen-bond acceptors (Lipinski definition) is 5. The molecule has 3 atom stereocenters. The van der Waals surface area contributed by atoms with Crippen molar-refractivity contribution >= 4 is 25.2 Å². The summed E-state index contributed by atoms with van der Waals surface area (Å²) < 4.78 is 24.8. The average Bonchev–Trinajstić information content (AvgIpc) is 2.88. The number of ketones is 1. The van der Waals surface area contributed by atoms with Crippen LogP contribution in [0.5, 0.6) is 5.75 Å². The Morgan fingerprint density at radius 3 is 2.69 bits per heavy atom. The molecule has 5 nitrogen and oxygen atoms in total. The molecule has 2 heterocycles. The second-order valence-corrected chi connectivity index (χ2v) is 12.3. The third-order valence-corrected chi connectivity index (χ3v) is 9.75. The van der Waals surface area contributed by atoms with Crippen molar-refractivity contribution in [3.05, 3.63) is 71.5 Å². The van der Waals surface area contributed by atoms with Crippen molar-refractivity contribution in [1.82, 2.24) is 0 Å². The molecule has 0 aromatic heterocycles. The van der Waals surface area contributed by atoms with Crippen LogP contribution < -0.4 is 9.20 Å². The molecular formula is C29H34O5Se. The van der Waals surface area contributed by atoms with Crippen molar-refractivity contribution in [3.8, 4) is 5.75 Å². The maximum atomic E-state index is 13.4. The number of aryl methyl sites for hydroxylation is 1. The van der Waals surface area contributed by atoms with Gasteiger partial charge in [-0.15, -0.1) is 0 Å². The maximum absolute atomic E-state index is 13.4. The van der Waals surface area contributed by atoms with E-state index in [-0.39, 0.29) is 38.5 Å². The minimum Gasteiger partial charge on any atom is -0.0196 e. The van der Waals surface area contributed by atoms with Gasteiger partial charge in [-0.25, -0.2) is 0 Å². The Morgan fingerprint density at radius 2 is 1.89 bits per heavy atom. The van der Waals surface area contributed by atoms with Gasteiger partial charge in [0.15, 0.2) is 6.79 Å². The van der Waals surface area contributed by atoms with Gasteiger partial charge in [0.2, 0.25) is 0 Å². The third-order valence-electron chi connectivity index (χ3n) is 7.07. The number of fused-ring (bicyclic) bond motifs is 3. The molecule has 1 fully saturated rings. The average molecular weight is 542 g/mol. The molecule has 0 N–H and O–H groups in total. The van der Waals surface area contributed by atoms with Crippen molar-refractivity contribution in [2.45, 2.75) is 74.5 Å². The molecular weight excluding hydrogens is 507 g/mol. The van der Waals surface area contributed by atoms with Crippen LogP contribution in [0.1, 0.15) is 56.9 Å². The summed E-state index contributed by atoms with van der Waals surface area (Å²) in [4.78, 5) is 13.5. The fraction of sp³-hybridized carbons (Fsp3) is 0.483. The minimum absolute atomic E-state index is 0.0889. The molecule has 0 amide bonds.